The van der Waals surface area contributed by atoms with Crippen LogP contribution >= 0.6 is 0 Å². The van der Waals surface area contributed by atoms with Gasteiger partial charge in [0.1, 0.15) is 0 Å². The van der Waals surface area contributed by atoms with Crippen LogP contribution in [-0.4, -0.2) is 44.6 Å². The molecule has 19 heavy (non-hydrogen) atoms. The molecule has 5 nitrogen and oxygen atoms in total. The summed E-state index contributed by atoms with van der Waals surface area (Å²) in [5, 5.41) is 9.75. The zero-order valence-electron chi connectivity index (χ0n) is 10.9. The monoisotopic (exact) mass is 283 g/mol. The lowest BCUT2D eigenvalue weighted by molar-refractivity contribution is 0.287. The van der Waals surface area contributed by atoms with Crippen LogP contribution in [0, 0.1) is 0 Å². The Kier molecular flexibility index (Phi) is 4.62. The molecule has 1 fully saturated rings. The molecule has 0 unspecified atom stereocenters. The number of hydrogen-bond acceptors (Lipinski definition) is 4. The molecule has 2 rings (SSSR count). The summed E-state index contributed by atoms with van der Waals surface area (Å²) in [6, 6.07) is 6.31. The molecule has 1 heterocycles. The van der Waals surface area contributed by atoms with Gasteiger partial charge in [0.25, 0.3) is 0 Å². The van der Waals surface area contributed by atoms with Crippen molar-refractivity contribution in [3.05, 3.63) is 24.3 Å². The van der Waals surface area contributed by atoms with Crippen molar-refractivity contribution in [2.45, 2.75) is 24.7 Å². The van der Waals surface area contributed by atoms with E-state index in [1.165, 1.54) is 10.4 Å². The van der Waals surface area contributed by atoms with Crippen molar-refractivity contribution in [1.82, 2.24) is 4.31 Å². The molecule has 0 atom stereocenters. The molecular formula is C12H18BNO4S. The van der Waals surface area contributed by atoms with Crippen molar-refractivity contribution < 1.29 is 18.1 Å². The fourth-order valence-corrected chi connectivity index (χ4v) is 3.73. The minimum Gasteiger partial charge on any atom is -0.423 e. The van der Waals surface area contributed by atoms with Gasteiger partial charge in [-0.05, 0) is 37.4 Å². The van der Waals surface area contributed by atoms with Gasteiger partial charge < -0.3 is 9.68 Å². The maximum absolute atomic E-state index is 12.4. The van der Waals surface area contributed by atoms with E-state index < -0.39 is 17.1 Å². The van der Waals surface area contributed by atoms with Crippen LogP contribution in [-0.2, 0) is 14.7 Å². The first-order valence-electron chi connectivity index (χ1n) is 6.45. The lowest BCUT2D eigenvalue weighted by atomic mass is 9.80. The van der Waals surface area contributed by atoms with Crippen molar-refractivity contribution in [1.29, 1.82) is 0 Å². The van der Waals surface area contributed by atoms with Crippen molar-refractivity contribution in [2.24, 2.45) is 0 Å². The predicted octanol–water partition coefficient (Wildman–Crippen LogP) is 0.195. The summed E-state index contributed by atoms with van der Waals surface area (Å²) in [4.78, 5) is 0.214. The molecule has 0 spiro atoms. The molecule has 1 saturated heterocycles. The largest absolute Gasteiger partial charge is 0.491 e. The fourth-order valence-electron chi connectivity index (χ4n) is 2.16. The van der Waals surface area contributed by atoms with Gasteiger partial charge in [0, 0.05) is 19.7 Å². The summed E-state index contributed by atoms with van der Waals surface area (Å²) in [6.07, 6.45) is 1.81. The van der Waals surface area contributed by atoms with Crippen molar-refractivity contribution >= 4 is 22.6 Å². The molecule has 0 radical (unpaired) electrons. The fraction of sp³-hybridized carbons (Fsp3) is 0.500. The smallest absolute Gasteiger partial charge is 0.423 e. The highest BCUT2D eigenvalue weighted by atomic mass is 32.2. The second kappa shape index (κ2) is 6.05. The summed E-state index contributed by atoms with van der Waals surface area (Å²) in [7, 11) is -4.53. The van der Waals surface area contributed by atoms with Crippen LogP contribution < -0.4 is 5.46 Å². The van der Waals surface area contributed by atoms with Crippen molar-refractivity contribution in [3.8, 4) is 0 Å². The number of rotatable bonds is 5. The van der Waals surface area contributed by atoms with Crippen molar-refractivity contribution in [2.75, 3.05) is 19.7 Å². The van der Waals surface area contributed by atoms with Gasteiger partial charge in [0.2, 0.25) is 10.0 Å². The minimum absolute atomic E-state index is 0.214. The van der Waals surface area contributed by atoms with E-state index >= 15 is 0 Å². The van der Waals surface area contributed by atoms with Crippen LogP contribution in [0.2, 0.25) is 0 Å². The van der Waals surface area contributed by atoms with Gasteiger partial charge in [-0.3, -0.25) is 0 Å². The topological polar surface area (TPSA) is 66.8 Å². The van der Waals surface area contributed by atoms with E-state index in [1.807, 2.05) is 0 Å². The Balaban J connectivity index is 2.27. The third-order valence-corrected chi connectivity index (χ3v) is 5.07. The lowest BCUT2D eigenvalue weighted by Gasteiger charge is -2.16. The van der Waals surface area contributed by atoms with Crippen LogP contribution in [0.5, 0.6) is 0 Å². The summed E-state index contributed by atoms with van der Waals surface area (Å²) in [5.41, 5.74) is 0.460. The Morgan fingerprint density at radius 1 is 1.37 bits per heavy atom. The standard InChI is InChI=1S/C12H18BNO4S/c1-2-18-13(15)11-6-5-7-12(10-11)19(16,17)14-8-3-4-9-14/h5-7,10,15H,2-4,8-9H2,1H3. The van der Waals surface area contributed by atoms with E-state index in [-0.39, 0.29) is 4.90 Å². The zero-order valence-corrected chi connectivity index (χ0v) is 11.8. The lowest BCUT2D eigenvalue weighted by Crippen LogP contribution is -2.35. The third-order valence-electron chi connectivity index (χ3n) is 3.17. The first kappa shape index (κ1) is 14.5. The second-order valence-electron chi connectivity index (χ2n) is 4.49. The number of hydrogen-bond donors (Lipinski definition) is 1. The van der Waals surface area contributed by atoms with Crippen LogP contribution in [0.15, 0.2) is 29.2 Å². The van der Waals surface area contributed by atoms with Gasteiger partial charge in [-0.1, -0.05) is 12.1 Å². The van der Waals surface area contributed by atoms with Gasteiger partial charge in [-0.25, -0.2) is 8.42 Å². The molecule has 0 amide bonds. The van der Waals surface area contributed by atoms with Gasteiger partial charge >= 0.3 is 7.12 Å². The van der Waals surface area contributed by atoms with Crippen molar-refractivity contribution in [3.63, 3.8) is 0 Å². The maximum Gasteiger partial charge on any atom is 0.491 e. The van der Waals surface area contributed by atoms with Gasteiger partial charge in [0.05, 0.1) is 4.90 Å². The second-order valence-corrected chi connectivity index (χ2v) is 6.43. The Hall–Kier alpha value is -0.885. The normalized spacial score (nSPS) is 16.7. The average molecular weight is 283 g/mol. The molecule has 0 bridgehead atoms. The van der Waals surface area contributed by atoms with Crippen LogP contribution in [0.1, 0.15) is 19.8 Å². The van der Waals surface area contributed by atoms with Gasteiger partial charge in [-0.2, -0.15) is 4.31 Å². The predicted molar refractivity (Wildman–Crippen MR) is 73.7 cm³/mol. The number of nitrogens with zero attached hydrogens (tertiary/aromatic N) is 1. The Morgan fingerprint density at radius 3 is 2.68 bits per heavy atom. The molecule has 1 aromatic carbocycles. The number of sulfonamides is 1. The van der Waals surface area contributed by atoms with E-state index in [1.54, 1.807) is 25.1 Å². The van der Waals surface area contributed by atoms with E-state index in [2.05, 4.69) is 0 Å². The molecule has 0 saturated carbocycles. The molecule has 0 aliphatic carbocycles. The van der Waals surface area contributed by atoms with Gasteiger partial charge in [0.15, 0.2) is 0 Å². The SMILES string of the molecule is CCOB(O)c1cccc(S(=O)(=O)N2CCCC2)c1. The van der Waals surface area contributed by atoms with Gasteiger partial charge in [-0.15, -0.1) is 0 Å². The van der Waals surface area contributed by atoms with E-state index in [4.69, 9.17) is 4.65 Å². The molecule has 104 valence electrons. The molecule has 1 N–H and O–H groups in total. The Morgan fingerprint density at radius 2 is 2.05 bits per heavy atom. The quantitative estimate of drug-likeness (QED) is 0.784. The zero-order chi connectivity index (χ0) is 13.9. The first-order valence-corrected chi connectivity index (χ1v) is 7.89. The average Bonchev–Trinajstić information content (AvgIpc) is 2.94. The van der Waals surface area contributed by atoms with Crippen LogP contribution in [0.3, 0.4) is 0 Å². The summed E-state index contributed by atoms with van der Waals surface area (Å²) < 4.78 is 31.3. The highest BCUT2D eigenvalue weighted by molar-refractivity contribution is 7.89. The Labute approximate surface area is 114 Å². The van der Waals surface area contributed by atoms with Crippen LogP contribution in [0.4, 0.5) is 0 Å². The Bertz CT molecular complexity index is 528. The summed E-state index contributed by atoms with van der Waals surface area (Å²) in [6.45, 7) is 3.28. The highest BCUT2D eigenvalue weighted by Gasteiger charge is 2.28. The van der Waals surface area contributed by atoms with E-state index in [0.29, 0.717) is 25.2 Å². The summed E-state index contributed by atoms with van der Waals surface area (Å²) >= 11 is 0. The van der Waals surface area contributed by atoms with E-state index in [0.717, 1.165) is 12.8 Å². The molecule has 1 aliphatic heterocycles. The highest BCUT2D eigenvalue weighted by Crippen LogP contribution is 2.19. The maximum atomic E-state index is 12.4. The molecule has 1 aromatic rings. The summed E-state index contributed by atoms with van der Waals surface area (Å²) in [5.74, 6) is 0. The third kappa shape index (κ3) is 3.17. The van der Waals surface area contributed by atoms with Crippen LogP contribution in [0.25, 0.3) is 0 Å². The number of benzene rings is 1. The molecule has 7 heteroatoms. The molecule has 1 aliphatic rings. The first-order chi connectivity index (χ1) is 9.05. The van der Waals surface area contributed by atoms with E-state index in [9.17, 15) is 13.4 Å². The minimum atomic E-state index is -3.44. The molecular weight excluding hydrogens is 265 g/mol. The molecule has 0 aromatic heterocycles.